The monoisotopic (exact) mass is 227 g/mol. The van der Waals surface area contributed by atoms with Crippen LogP contribution in [0.5, 0.6) is 0 Å². The quantitative estimate of drug-likeness (QED) is 0.648. The number of nitrogens with zero attached hydrogens (tertiary/aromatic N) is 1. The predicted octanol–water partition coefficient (Wildman–Crippen LogP) is 1.82. The molecule has 0 heterocycles. The molecule has 0 N–H and O–H groups in total. The highest BCUT2D eigenvalue weighted by molar-refractivity contribution is 5.71. The highest BCUT2D eigenvalue weighted by Crippen LogP contribution is 2.21. The minimum Gasteiger partial charge on any atom is -0.468 e. The molecule has 0 radical (unpaired) electrons. The first-order chi connectivity index (χ1) is 6.89. The first kappa shape index (κ1) is 14.2. The molecule has 0 aromatic carbocycles. The van der Waals surface area contributed by atoms with Crippen LogP contribution < -0.4 is 0 Å². The number of hydrogen-bond acceptors (Lipinski definition) is 3. The Bertz CT molecular complexity index is 194. The second kappa shape index (κ2) is 6.66. The summed E-state index contributed by atoms with van der Waals surface area (Å²) in [5.74, 6) is -0.427. The van der Waals surface area contributed by atoms with Crippen LogP contribution in [-0.2, 0) is 9.53 Å². The molecule has 0 aromatic rings. The van der Waals surface area contributed by atoms with E-state index in [9.17, 15) is 18.0 Å². The maximum atomic E-state index is 11.8. The highest BCUT2D eigenvalue weighted by atomic mass is 19.4. The lowest BCUT2D eigenvalue weighted by Gasteiger charge is -2.18. The summed E-state index contributed by atoms with van der Waals surface area (Å²) in [4.78, 5) is 12.5. The lowest BCUT2D eigenvalue weighted by molar-refractivity contribution is -0.142. The van der Waals surface area contributed by atoms with Gasteiger partial charge in [0.2, 0.25) is 0 Å². The van der Waals surface area contributed by atoms with Gasteiger partial charge in [0.05, 0.1) is 13.7 Å². The van der Waals surface area contributed by atoms with Crippen molar-refractivity contribution in [3.05, 3.63) is 0 Å². The van der Waals surface area contributed by atoms with Crippen molar-refractivity contribution in [1.29, 1.82) is 0 Å². The van der Waals surface area contributed by atoms with Gasteiger partial charge in [0, 0.05) is 6.42 Å². The Morgan fingerprint density at radius 1 is 1.40 bits per heavy atom. The Balaban J connectivity index is 3.76. The molecule has 0 aliphatic carbocycles. The van der Waals surface area contributed by atoms with E-state index < -0.39 is 18.6 Å². The summed E-state index contributed by atoms with van der Waals surface area (Å²) in [6, 6.07) is 0. The van der Waals surface area contributed by atoms with Crippen molar-refractivity contribution in [2.24, 2.45) is 0 Å². The fourth-order valence-corrected chi connectivity index (χ4v) is 1.10. The topological polar surface area (TPSA) is 29.5 Å². The summed E-state index contributed by atoms with van der Waals surface area (Å²) in [7, 11) is 1.26. The summed E-state index contributed by atoms with van der Waals surface area (Å²) < 4.78 is 39.9. The molecule has 0 amide bonds. The van der Waals surface area contributed by atoms with E-state index >= 15 is 0 Å². The van der Waals surface area contributed by atoms with Gasteiger partial charge in [-0.1, -0.05) is 6.92 Å². The van der Waals surface area contributed by atoms with Crippen molar-refractivity contribution < 1.29 is 22.7 Å². The molecule has 0 fully saturated rings. The Labute approximate surface area is 87.2 Å². The van der Waals surface area contributed by atoms with Crippen LogP contribution in [0.25, 0.3) is 0 Å². The Hall–Kier alpha value is -0.780. The average Bonchev–Trinajstić information content (AvgIpc) is 2.14. The lowest BCUT2D eigenvalue weighted by atomic mass is 10.3. The SMILES string of the molecule is CCN(CCCC(F)(F)F)CC(=O)OC. The van der Waals surface area contributed by atoms with Crippen LogP contribution in [-0.4, -0.2) is 43.8 Å². The summed E-state index contributed by atoms with van der Waals surface area (Å²) in [5, 5.41) is 0. The number of likely N-dealkylation sites (N-methyl/N-ethyl adjacent to an activating group) is 1. The van der Waals surface area contributed by atoms with Gasteiger partial charge < -0.3 is 4.74 Å². The normalized spacial score (nSPS) is 11.9. The lowest BCUT2D eigenvalue weighted by Crippen LogP contribution is -2.31. The average molecular weight is 227 g/mol. The number of halogens is 3. The molecule has 0 aliphatic heterocycles. The molecule has 0 saturated carbocycles. The number of hydrogen-bond donors (Lipinski definition) is 0. The van der Waals surface area contributed by atoms with Crippen molar-refractivity contribution in [3.8, 4) is 0 Å². The van der Waals surface area contributed by atoms with Gasteiger partial charge in [-0.05, 0) is 19.5 Å². The molecule has 6 heteroatoms. The molecule has 15 heavy (non-hydrogen) atoms. The molecule has 0 saturated heterocycles. The number of alkyl halides is 3. The van der Waals surface area contributed by atoms with Crippen LogP contribution in [0.2, 0.25) is 0 Å². The third-order valence-corrected chi connectivity index (χ3v) is 1.96. The summed E-state index contributed by atoms with van der Waals surface area (Å²) in [6.07, 6.45) is -4.93. The van der Waals surface area contributed by atoms with E-state index in [4.69, 9.17) is 0 Å². The Kier molecular flexibility index (Phi) is 6.31. The molecule has 0 atom stereocenters. The van der Waals surface area contributed by atoms with Gasteiger partial charge in [-0.25, -0.2) is 0 Å². The van der Waals surface area contributed by atoms with Gasteiger partial charge in [-0.2, -0.15) is 13.2 Å². The molecule has 3 nitrogen and oxygen atoms in total. The van der Waals surface area contributed by atoms with Crippen molar-refractivity contribution >= 4 is 5.97 Å². The second-order valence-corrected chi connectivity index (χ2v) is 3.16. The molecule has 0 bridgehead atoms. The first-order valence-electron chi connectivity index (χ1n) is 4.75. The zero-order valence-corrected chi connectivity index (χ0v) is 8.93. The van der Waals surface area contributed by atoms with Gasteiger partial charge in [0.25, 0.3) is 0 Å². The molecule has 0 unspecified atom stereocenters. The van der Waals surface area contributed by atoms with E-state index in [-0.39, 0.29) is 19.5 Å². The fraction of sp³-hybridized carbons (Fsp3) is 0.889. The Morgan fingerprint density at radius 2 is 2.00 bits per heavy atom. The van der Waals surface area contributed by atoms with Gasteiger partial charge in [0.15, 0.2) is 0 Å². The maximum Gasteiger partial charge on any atom is 0.389 e. The van der Waals surface area contributed by atoms with Crippen molar-refractivity contribution in [2.45, 2.75) is 25.9 Å². The third kappa shape index (κ3) is 8.23. The third-order valence-electron chi connectivity index (χ3n) is 1.96. The Morgan fingerprint density at radius 3 is 2.40 bits per heavy atom. The van der Waals surface area contributed by atoms with Gasteiger partial charge in [-0.15, -0.1) is 0 Å². The van der Waals surface area contributed by atoms with E-state index in [1.54, 1.807) is 11.8 Å². The predicted molar refractivity (Wildman–Crippen MR) is 49.4 cm³/mol. The number of methoxy groups -OCH3 is 1. The largest absolute Gasteiger partial charge is 0.468 e. The standard InChI is InChI=1S/C9H16F3NO2/c1-3-13(7-8(14)15-2)6-4-5-9(10,11)12/h3-7H2,1-2H3. The number of rotatable bonds is 6. The summed E-state index contributed by atoms with van der Waals surface area (Å²) >= 11 is 0. The van der Waals surface area contributed by atoms with E-state index in [2.05, 4.69) is 4.74 Å². The van der Waals surface area contributed by atoms with Crippen LogP contribution in [0.15, 0.2) is 0 Å². The van der Waals surface area contributed by atoms with Crippen molar-refractivity contribution in [3.63, 3.8) is 0 Å². The zero-order chi connectivity index (χ0) is 11.9. The minimum absolute atomic E-state index is 0.00827. The van der Waals surface area contributed by atoms with Crippen molar-refractivity contribution in [2.75, 3.05) is 26.7 Å². The van der Waals surface area contributed by atoms with Crippen LogP contribution in [0, 0.1) is 0 Å². The van der Waals surface area contributed by atoms with Crippen molar-refractivity contribution in [1.82, 2.24) is 4.90 Å². The fourth-order valence-electron chi connectivity index (χ4n) is 1.10. The number of ether oxygens (including phenoxy) is 1. The van der Waals surface area contributed by atoms with Gasteiger partial charge in [0.1, 0.15) is 0 Å². The maximum absolute atomic E-state index is 11.8. The molecular weight excluding hydrogens is 211 g/mol. The van der Waals surface area contributed by atoms with Gasteiger partial charge in [-0.3, -0.25) is 9.69 Å². The zero-order valence-electron chi connectivity index (χ0n) is 8.93. The molecule has 0 spiro atoms. The summed E-state index contributed by atoms with van der Waals surface area (Å²) in [5.41, 5.74) is 0. The van der Waals surface area contributed by atoms with E-state index in [0.717, 1.165) is 0 Å². The van der Waals surface area contributed by atoms with Crippen LogP contribution in [0.4, 0.5) is 13.2 Å². The van der Waals surface area contributed by atoms with E-state index in [1.165, 1.54) is 7.11 Å². The molecule has 0 aliphatic rings. The molecular formula is C9H16F3NO2. The number of carbonyl (C=O) groups excluding carboxylic acids is 1. The van der Waals surface area contributed by atoms with E-state index in [1.807, 2.05) is 0 Å². The van der Waals surface area contributed by atoms with Crippen LogP contribution in [0.3, 0.4) is 0 Å². The number of esters is 1. The first-order valence-corrected chi connectivity index (χ1v) is 4.75. The number of carbonyl (C=O) groups is 1. The summed E-state index contributed by atoms with van der Waals surface area (Å²) in [6.45, 7) is 2.62. The molecule has 0 aromatic heterocycles. The van der Waals surface area contributed by atoms with Crippen LogP contribution >= 0.6 is 0 Å². The smallest absolute Gasteiger partial charge is 0.389 e. The van der Waals surface area contributed by atoms with Crippen LogP contribution in [0.1, 0.15) is 19.8 Å². The second-order valence-electron chi connectivity index (χ2n) is 3.16. The molecule has 0 rings (SSSR count). The van der Waals surface area contributed by atoms with E-state index in [0.29, 0.717) is 6.54 Å². The molecule has 90 valence electrons. The minimum atomic E-state index is -4.12. The highest BCUT2D eigenvalue weighted by Gasteiger charge is 2.26. The van der Waals surface area contributed by atoms with Gasteiger partial charge >= 0.3 is 12.1 Å².